The fourth-order valence-corrected chi connectivity index (χ4v) is 7.35. The highest BCUT2D eigenvalue weighted by Crippen LogP contribution is 2.38. The van der Waals surface area contributed by atoms with E-state index >= 15 is 0 Å². The van der Waals surface area contributed by atoms with Gasteiger partial charge in [0.05, 0.1) is 4.90 Å². The summed E-state index contributed by atoms with van der Waals surface area (Å²) in [6.45, 7) is 4.98. The Hall–Kier alpha value is -0.960. The lowest BCUT2D eigenvalue weighted by molar-refractivity contribution is 0.155. The summed E-state index contributed by atoms with van der Waals surface area (Å²) in [6, 6.07) is 5.93. The Balaban J connectivity index is 1.92. The molecule has 0 amide bonds. The van der Waals surface area contributed by atoms with Crippen LogP contribution in [-0.2, 0) is 19.9 Å². The number of piperidine rings is 1. The van der Waals surface area contributed by atoms with Crippen LogP contribution < -0.4 is 0 Å². The molecule has 0 unspecified atom stereocenters. The molecule has 1 saturated carbocycles. The van der Waals surface area contributed by atoms with Crippen molar-refractivity contribution in [3.05, 3.63) is 24.3 Å². The quantitative estimate of drug-likeness (QED) is 0.701. The smallest absolute Gasteiger partial charge is 0.244 e. The van der Waals surface area contributed by atoms with Gasteiger partial charge in [0, 0.05) is 18.3 Å². The molecule has 1 aliphatic carbocycles. The Morgan fingerprint density at radius 3 is 2.00 bits per heavy atom. The molecule has 0 bridgehead atoms. The van der Waals surface area contributed by atoms with Crippen molar-refractivity contribution >= 4 is 19.9 Å². The van der Waals surface area contributed by atoms with Crippen molar-refractivity contribution in [3.63, 3.8) is 0 Å². The van der Waals surface area contributed by atoms with E-state index in [4.69, 9.17) is 0 Å². The molecule has 146 valence electrons. The standard InChI is InChI=1S/C18H28N2O4S2/c1-3-12-19-13-10-16(11-14-19)20(15-8-9-15)26(23,24)18-7-5-4-6-17(18)25(2,21)22/h4-7,15-16H,3,8-14H2,1-2H3. The van der Waals surface area contributed by atoms with Crippen molar-refractivity contribution in [1.29, 1.82) is 0 Å². The third-order valence-electron chi connectivity index (χ3n) is 5.17. The van der Waals surface area contributed by atoms with Gasteiger partial charge in [0.15, 0.2) is 9.84 Å². The van der Waals surface area contributed by atoms with E-state index < -0.39 is 19.9 Å². The maximum Gasteiger partial charge on any atom is 0.244 e. The highest BCUT2D eigenvalue weighted by atomic mass is 32.2. The van der Waals surface area contributed by atoms with Crippen LogP contribution in [0, 0.1) is 0 Å². The molecule has 26 heavy (non-hydrogen) atoms. The van der Waals surface area contributed by atoms with Gasteiger partial charge in [-0.15, -0.1) is 0 Å². The number of sulfonamides is 1. The first kappa shape index (κ1) is 19.8. The van der Waals surface area contributed by atoms with Crippen molar-refractivity contribution in [1.82, 2.24) is 9.21 Å². The number of nitrogens with zero attached hydrogens (tertiary/aromatic N) is 2. The topological polar surface area (TPSA) is 74.8 Å². The first-order chi connectivity index (χ1) is 12.2. The van der Waals surface area contributed by atoms with Crippen LogP contribution in [0.1, 0.15) is 39.0 Å². The van der Waals surface area contributed by atoms with Gasteiger partial charge in [-0.2, -0.15) is 4.31 Å². The molecule has 1 aromatic carbocycles. The van der Waals surface area contributed by atoms with E-state index in [2.05, 4.69) is 11.8 Å². The number of benzene rings is 1. The zero-order chi connectivity index (χ0) is 18.9. The Bertz CT molecular complexity index is 840. The van der Waals surface area contributed by atoms with Gasteiger partial charge in [0.2, 0.25) is 10.0 Å². The first-order valence-corrected chi connectivity index (χ1v) is 12.6. The third kappa shape index (κ3) is 4.13. The summed E-state index contributed by atoms with van der Waals surface area (Å²) >= 11 is 0. The molecule has 1 aliphatic heterocycles. The normalized spacial score (nSPS) is 20.6. The van der Waals surface area contributed by atoms with E-state index in [0.29, 0.717) is 0 Å². The summed E-state index contributed by atoms with van der Waals surface area (Å²) in [4.78, 5) is 2.19. The lowest BCUT2D eigenvalue weighted by atomic mass is 10.0. The van der Waals surface area contributed by atoms with Gasteiger partial charge in [-0.25, -0.2) is 16.8 Å². The monoisotopic (exact) mass is 400 g/mol. The summed E-state index contributed by atoms with van der Waals surface area (Å²) in [5.41, 5.74) is 0. The second kappa shape index (κ2) is 7.58. The number of rotatable bonds is 7. The Morgan fingerprint density at radius 2 is 1.50 bits per heavy atom. The van der Waals surface area contributed by atoms with Gasteiger partial charge in [-0.1, -0.05) is 19.1 Å². The minimum Gasteiger partial charge on any atom is -0.303 e. The first-order valence-electron chi connectivity index (χ1n) is 9.30. The number of sulfone groups is 1. The summed E-state index contributed by atoms with van der Waals surface area (Å²) in [5.74, 6) is 0. The average Bonchev–Trinajstić information content (AvgIpc) is 3.41. The molecule has 2 fully saturated rings. The lowest BCUT2D eigenvalue weighted by Gasteiger charge is -2.38. The lowest BCUT2D eigenvalue weighted by Crippen LogP contribution is -2.48. The zero-order valence-electron chi connectivity index (χ0n) is 15.5. The molecule has 6 nitrogen and oxygen atoms in total. The van der Waals surface area contributed by atoms with Gasteiger partial charge in [-0.3, -0.25) is 0 Å². The summed E-state index contributed by atoms with van der Waals surface area (Å²) < 4.78 is 52.7. The van der Waals surface area contributed by atoms with E-state index in [0.717, 1.165) is 58.0 Å². The molecule has 8 heteroatoms. The maximum atomic E-state index is 13.4. The molecule has 0 spiro atoms. The van der Waals surface area contributed by atoms with Crippen LogP contribution in [0.5, 0.6) is 0 Å². The summed E-state index contributed by atoms with van der Waals surface area (Å²) in [6.07, 6.45) is 5.47. The van der Waals surface area contributed by atoms with Crippen molar-refractivity contribution in [2.45, 2.75) is 60.9 Å². The van der Waals surface area contributed by atoms with Crippen LogP contribution in [0.25, 0.3) is 0 Å². The Morgan fingerprint density at radius 1 is 0.962 bits per heavy atom. The fraction of sp³-hybridized carbons (Fsp3) is 0.667. The maximum absolute atomic E-state index is 13.4. The second-order valence-corrected chi connectivity index (χ2v) is 11.2. The fourth-order valence-electron chi connectivity index (χ4n) is 3.82. The Labute approximate surface area is 157 Å². The SMILES string of the molecule is CCCN1CCC(N(C2CC2)S(=O)(=O)c2ccccc2S(C)(=O)=O)CC1. The van der Waals surface area contributed by atoms with Gasteiger partial charge in [0.1, 0.15) is 4.90 Å². The molecular formula is C18H28N2O4S2. The molecule has 0 radical (unpaired) electrons. The van der Waals surface area contributed by atoms with E-state index in [1.165, 1.54) is 12.1 Å². The minimum atomic E-state index is -3.85. The average molecular weight is 401 g/mol. The molecule has 3 rings (SSSR count). The highest BCUT2D eigenvalue weighted by Gasteiger charge is 2.44. The minimum absolute atomic E-state index is 0.00958. The van der Waals surface area contributed by atoms with E-state index in [1.54, 1.807) is 16.4 Å². The van der Waals surface area contributed by atoms with E-state index in [1.807, 2.05) is 0 Å². The number of hydrogen-bond donors (Lipinski definition) is 0. The van der Waals surface area contributed by atoms with Crippen LogP contribution >= 0.6 is 0 Å². The molecule has 1 aromatic rings. The number of likely N-dealkylation sites (tertiary alicyclic amines) is 1. The predicted molar refractivity (Wildman–Crippen MR) is 101 cm³/mol. The molecular weight excluding hydrogens is 372 g/mol. The molecule has 1 heterocycles. The largest absolute Gasteiger partial charge is 0.303 e. The van der Waals surface area contributed by atoms with Crippen LogP contribution in [0.4, 0.5) is 0 Å². The molecule has 0 N–H and O–H groups in total. The summed E-state index contributed by atoms with van der Waals surface area (Å²) in [7, 11) is -7.46. The number of hydrogen-bond acceptors (Lipinski definition) is 5. The molecule has 0 aromatic heterocycles. The van der Waals surface area contributed by atoms with Gasteiger partial charge >= 0.3 is 0 Å². The predicted octanol–water partition coefficient (Wildman–Crippen LogP) is 2.12. The third-order valence-corrected chi connectivity index (χ3v) is 8.51. The molecule has 1 saturated heterocycles. The second-order valence-electron chi connectivity index (χ2n) is 7.36. The van der Waals surface area contributed by atoms with Crippen LogP contribution in [0.15, 0.2) is 34.1 Å². The zero-order valence-corrected chi connectivity index (χ0v) is 17.1. The Kier molecular flexibility index (Phi) is 5.77. The summed E-state index contributed by atoms with van der Waals surface area (Å²) in [5, 5.41) is 0. The van der Waals surface area contributed by atoms with E-state index in [-0.39, 0.29) is 21.9 Å². The van der Waals surface area contributed by atoms with Gasteiger partial charge in [-0.05, 0) is 63.9 Å². The van der Waals surface area contributed by atoms with Crippen LogP contribution in [0.3, 0.4) is 0 Å². The van der Waals surface area contributed by atoms with E-state index in [9.17, 15) is 16.8 Å². The molecule has 0 atom stereocenters. The van der Waals surface area contributed by atoms with Crippen molar-refractivity contribution in [2.24, 2.45) is 0 Å². The van der Waals surface area contributed by atoms with Gasteiger partial charge < -0.3 is 4.90 Å². The highest BCUT2D eigenvalue weighted by molar-refractivity contribution is 7.93. The molecule has 2 aliphatic rings. The van der Waals surface area contributed by atoms with Crippen molar-refractivity contribution in [3.8, 4) is 0 Å². The van der Waals surface area contributed by atoms with Gasteiger partial charge in [0.25, 0.3) is 0 Å². The van der Waals surface area contributed by atoms with Crippen molar-refractivity contribution in [2.75, 3.05) is 25.9 Å². The van der Waals surface area contributed by atoms with Crippen LogP contribution in [-0.4, -0.2) is 64.0 Å². The van der Waals surface area contributed by atoms with Crippen molar-refractivity contribution < 1.29 is 16.8 Å². The van der Waals surface area contributed by atoms with Crippen LogP contribution in [0.2, 0.25) is 0 Å².